The molecule has 4 aromatic carbocycles. The third-order valence-electron chi connectivity index (χ3n) is 8.12. The van der Waals surface area contributed by atoms with Crippen LogP contribution in [-0.2, 0) is 10.8 Å². The first-order chi connectivity index (χ1) is 17.0. The fourth-order valence-corrected chi connectivity index (χ4v) is 6.70. The van der Waals surface area contributed by atoms with Crippen molar-refractivity contribution in [3.63, 3.8) is 0 Å². The Bertz CT molecular complexity index is 1350. The summed E-state index contributed by atoms with van der Waals surface area (Å²) in [6.45, 7) is 19.9. The molecule has 0 N–H and O–H groups in total. The molecule has 2 heteroatoms. The van der Waals surface area contributed by atoms with E-state index >= 15 is 0 Å². The first kappa shape index (κ1) is 24.7. The number of benzene rings is 4. The second kappa shape index (κ2) is 8.83. The van der Waals surface area contributed by atoms with E-state index in [1.165, 1.54) is 44.0 Å². The van der Waals surface area contributed by atoms with Crippen LogP contribution in [-0.4, -0.2) is 18.8 Å². The number of rotatable bonds is 5. The van der Waals surface area contributed by atoms with E-state index in [1.54, 1.807) is 0 Å². The zero-order valence-corrected chi connectivity index (χ0v) is 23.4. The molecule has 36 heavy (non-hydrogen) atoms. The summed E-state index contributed by atoms with van der Waals surface area (Å²) >= 11 is 0. The molecule has 0 spiro atoms. The smallest absolute Gasteiger partial charge is 0.0909 e. The third-order valence-corrected chi connectivity index (χ3v) is 8.12. The molecule has 0 fully saturated rings. The van der Waals surface area contributed by atoms with Crippen LogP contribution in [0.3, 0.4) is 0 Å². The molecule has 1 unspecified atom stereocenters. The van der Waals surface area contributed by atoms with Crippen LogP contribution in [0.5, 0.6) is 0 Å². The van der Waals surface area contributed by atoms with Gasteiger partial charge in [0.05, 0.1) is 18.0 Å². The SMILES string of the molecule is CC(C)N1CN(C(C)CC(C)(C)c2c3ccccc3c(C(C)(C)C)c3ccccc23)c2ccccc21. The standard InChI is InChI=1S/C34H42N2/c1-23(2)35-22-36(30-20-14-13-19-29(30)35)24(3)21-34(7,8)32-27-17-11-9-15-25(27)31(33(4,5)6)26-16-10-12-18-28(26)32/h9-20,23-24H,21-22H2,1-8H3. The molecule has 1 aliphatic rings. The van der Waals surface area contributed by atoms with Gasteiger partial charge in [0.25, 0.3) is 0 Å². The predicted molar refractivity (Wildman–Crippen MR) is 159 cm³/mol. The molecule has 0 bridgehead atoms. The van der Waals surface area contributed by atoms with Gasteiger partial charge in [0.1, 0.15) is 0 Å². The van der Waals surface area contributed by atoms with Gasteiger partial charge in [0.15, 0.2) is 0 Å². The molecule has 1 heterocycles. The van der Waals surface area contributed by atoms with Gasteiger partial charge in [-0.2, -0.15) is 0 Å². The van der Waals surface area contributed by atoms with Crippen LogP contribution in [0.15, 0.2) is 72.8 Å². The van der Waals surface area contributed by atoms with Crippen molar-refractivity contribution in [2.45, 2.75) is 84.7 Å². The molecule has 0 aliphatic carbocycles. The molecule has 1 aliphatic heterocycles. The van der Waals surface area contributed by atoms with E-state index in [0.29, 0.717) is 12.1 Å². The van der Waals surface area contributed by atoms with E-state index in [0.717, 1.165) is 13.1 Å². The fourth-order valence-electron chi connectivity index (χ4n) is 6.70. The Kier molecular flexibility index (Phi) is 6.06. The summed E-state index contributed by atoms with van der Waals surface area (Å²) < 4.78 is 0. The van der Waals surface area contributed by atoms with Crippen LogP contribution in [0, 0.1) is 0 Å². The van der Waals surface area contributed by atoms with Crippen molar-refractivity contribution >= 4 is 32.9 Å². The molecule has 5 rings (SSSR count). The fraction of sp³-hybridized carbons (Fsp3) is 0.412. The molecular weight excluding hydrogens is 436 g/mol. The van der Waals surface area contributed by atoms with Gasteiger partial charge in [-0.15, -0.1) is 0 Å². The van der Waals surface area contributed by atoms with E-state index in [-0.39, 0.29) is 10.8 Å². The normalized spacial score (nSPS) is 15.2. The van der Waals surface area contributed by atoms with Gasteiger partial charge in [0.2, 0.25) is 0 Å². The Morgan fingerprint density at radius 1 is 0.611 bits per heavy atom. The van der Waals surface area contributed by atoms with E-state index < -0.39 is 0 Å². The van der Waals surface area contributed by atoms with Gasteiger partial charge in [-0.05, 0) is 82.8 Å². The van der Waals surface area contributed by atoms with Gasteiger partial charge in [-0.3, -0.25) is 0 Å². The van der Waals surface area contributed by atoms with Crippen LogP contribution in [0.2, 0.25) is 0 Å². The van der Waals surface area contributed by atoms with Gasteiger partial charge in [-0.1, -0.05) is 95.3 Å². The highest BCUT2D eigenvalue weighted by Gasteiger charge is 2.35. The van der Waals surface area contributed by atoms with E-state index in [2.05, 4.69) is 138 Å². The zero-order valence-electron chi connectivity index (χ0n) is 23.4. The summed E-state index contributed by atoms with van der Waals surface area (Å²) in [5.74, 6) is 0. The molecule has 0 saturated carbocycles. The molecule has 2 nitrogen and oxygen atoms in total. The number of anilines is 2. The monoisotopic (exact) mass is 478 g/mol. The van der Waals surface area contributed by atoms with Crippen molar-refractivity contribution in [1.29, 1.82) is 0 Å². The van der Waals surface area contributed by atoms with Crippen molar-refractivity contribution in [2.75, 3.05) is 16.5 Å². The number of fused-ring (bicyclic) bond motifs is 3. The minimum atomic E-state index is -0.00473. The quantitative estimate of drug-likeness (QED) is 0.264. The summed E-state index contributed by atoms with van der Waals surface area (Å²) in [6, 6.07) is 28.0. The number of hydrogen-bond acceptors (Lipinski definition) is 2. The Morgan fingerprint density at radius 3 is 1.47 bits per heavy atom. The molecule has 1 atom stereocenters. The summed E-state index contributed by atoms with van der Waals surface area (Å²) in [7, 11) is 0. The van der Waals surface area contributed by atoms with Crippen LogP contribution >= 0.6 is 0 Å². The third kappa shape index (κ3) is 4.05. The lowest BCUT2D eigenvalue weighted by Gasteiger charge is -2.37. The highest BCUT2D eigenvalue weighted by Crippen LogP contribution is 2.46. The minimum absolute atomic E-state index is 0.00473. The Balaban J connectivity index is 1.63. The van der Waals surface area contributed by atoms with Crippen LogP contribution in [0.25, 0.3) is 21.5 Å². The average Bonchev–Trinajstić information content (AvgIpc) is 3.21. The highest BCUT2D eigenvalue weighted by molar-refractivity contribution is 6.07. The largest absolute Gasteiger partial charge is 0.350 e. The predicted octanol–water partition coefficient (Wildman–Crippen LogP) is 9.04. The highest BCUT2D eigenvalue weighted by atomic mass is 15.4. The van der Waals surface area contributed by atoms with Gasteiger partial charge in [0, 0.05) is 12.1 Å². The first-order valence-electron chi connectivity index (χ1n) is 13.6. The van der Waals surface area contributed by atoms with Crippen LogP contribution < -0.4 is 9.80 Å². The maximum atomic E-state index is 2.62. The minimum Gasteiger partial charge on any atom is -0.350 e. The Labute approximate surface area is 217 Å². The topological polar surface area (TPSA) is 6.48 Å². The van der Waals surface area contributed by atoms with E-state index in [9.17, 15) is 0 Å². The van der Waals surface area contributed by atoms with E-state index in [4.69, 9.17) is 0 Å². The second-order valence-corrected chi connectivity index (χ2v) is 12.7. The van der Waals surface area contributed by atoms with Crippen molar-refractivity contribution in [1.82, 2.24) is 0 Å². The lowest BCUT2D eigenvalue weighted by atomic mass is 9.71. The summed E-state index contributed by atoms with van der Waals surface area (Å²) in [5.41, 5.74) is 5.74. The lowest BCUT2D eigenvalue weighted by Crippen LogP contribution is -2.42. The summed E-state index contributed by atoms with van der Waals surface area (Å²) in [5, 5.41) is 5.61. The maximum absolute atomic E-state index is 2.62. The van der Waals surface area contributed by atoms with E-state index in [1.807, 2.05) is 0 Å². The van der Waals surface area contributed by atoms with Crippen molar-refractivity contribution in [3.05, 3.63) is 83.9 Å². The van der Waals surface area contributed by atoms with Gasteiger partial charge >= 0.3 is 0 Å². The number of para-hydroxylation sites is 2. The number of hydrogen-bond donors (Lipinski definition) is 0. The average molecular weight is 479 g/mol. The molecule has 4 aromatic rings. The van der Waals surface area contributed by atoms with Crippen LogP contribution in [0.4, 0.5) is 11.4 Å². The van der Waals surface area contributed by atoms with Crippen molar-refractivity contribution in [3.8, 4) is 0 Å². The molecule has 188 valence electrons. The summed E-state index contributed by atoms with van der Waals surface area (Å²) in [4.78, 5) is 5.15. The maximum Gasteiger partial charge on any atom is 0.0909 e. The zero-order chi connectivity index (χ0) is 25.8. The van der Waals surface area contributed by atoms with Crippen LogP contribution in [0.1, 0.15) is 72.9 Å². The van der Waals surface area contributed by atoms with Crippen molar-refractivity contribution in [2.24, 2.45) is 0 Å². The second-order valence-electron chi connectivity index (χ2n) is 12.7. The number of nitrogens with zero attached hydrogens (tertiary/aromatic N) is 2. The summed E-state index contributed by atoms with van der Waals surface area (Å²) in [6.07, 6.45) is 1.08. The van der Waals surface area contributed by atoms with Gasteiger partial charge < -0.3 is 9.80 Å². The Morgan fingerprint density at radius 2 is 1.03 bits per heavy atom. The molecule has 0 saturated heterocycles. The van der Waals surface area contributed by atoms with Gasteiger partial charge in [-0.25, -0.2) is 0 Å². The van der Waals surface area contributed by atoms with Crippen molar-refractivity contribution < 1.29 is 0 Å². The molecular formula is C34H42N2. The molecule has 0 aromatic heterocycles. The molecule has 0 radical (unpaired) electrons. The molecule has 0 amide bonds. The lowest BCUT2D eigenvalue weighted by molar-refractivity contribution is 0.426. The Hall–Kier alpha value is -3.00. The first-order valence-corrected chi connectivity index (χ1v) is 13.6.